The molecule has 4 rings (SSSR count). The lowest BCUT2D eigenvalue weighted by atomic mass is 9.45. The van der Waals surface area contributed by atoms with Gasteiger partial charge in [0.2, 0.25) is 5.60 Å². The molecule has 2 fully saturated rings. The molecule has 0 radical (unpaired) electrons. The maximum absolute atomic E-state index is 17.4. The van der Waals surface area contributed by atoms with E-state index in [1.807, 2.05) is 0 Å². The van der Waals surface area contributed by atoms with Crippen LogP contribution in [0.3, 0.4) is 0 Å². The molecule has 0 amide bonds. The number of aliphatic hydroxyl groups excluding tert-OH is 1. The Morgan fingerprint density at radius 3 is 2.53 bits per heavy atom. The van der Waals surface area contributed by atoms with Gasteiger partial charge in [0.05, 0.1) is 6.10 Å². The minimum absolute atomic E-state index is 0.0298. The second-order valence-electron chi connectivity index (χ2n) is 12.6. The molecule has 38 heavy (non-hydrogen) atoms. The van der Waals surface area contributed by atoms with Crippen molar-refractivity contribution in [1.82, 2.24) is 0 Å². The maximum atomic E-state index is 17.4. The van der Waals surface area contributed by atoms with E-state index in [0.29, 0.717) is 0 Å². The monoisotopic (exact) mass is 535 g/mol. The van der Waals surface area contributed by atoms with E-state index in [-0.39, 0.29) is 37.0 Å². The van der Waals surface area contributed by atoms with E-state index in [4.69, 9.17) is 19.5 Å². The van der Waals surface area contributed by atoms with Crippen LogP contribution in [0.15, 0.2) is 23.6 Å². The maximum Gasteiger partial charge on any atom is 0.509 e. The number of hydrogen-bond donors (Lipinski definition) is 1. The molecule has 0 unspecified atom stereocenters. The van der Waals surface area contributed by atoms with E-state index in [9.17, 15) is 19.5 Å². The molecule has 0 aliphatic heterocycles. The Hall–Kier alpha value is -2.80. The number of nitriles is 1. The van der Waals surface area contributed by atoms with Crippen LogP contribution in [-0.4, -0.2) is 52.6 Å². The summed E-state index contributed by atoms with van der Waals surface area (Å²) in [6, 6.07) is 1.72. The minimum Gasteiger partial charge on any atom is -0.447 e. The highest BCUT2D eigenvalue weighted by atomic mass is 19.1. The highest BCUT2D eigenvalue weighted by Crippen LogP contribution is 2.71. The van der Waals surface area contributed by atoms with Gasteiger partial charge in [-0.3, -0.25) is 4.79 Å². The van der Waals surface area contributed by atoms with Crippen molar-refractivity contribution in [3.63, 3.8) is 0 Å². The molecule has 0 aromatic carbocycles. The fourth-order valence-corrected chi connectivity index (χ4v) is 7.80. The number of rotatable bonds is 3. The molecule has 0 aromatic rings. The summed E-state index contributed by atoms with van der Waals surface area (Å²) >= 11 is 0. The number of aliphatic hydroxyl groups is 1. The van der Waals surface area contributed by atoms with Crippen LogP contribution in [0.4, 0.5) is 13.6 Å². The zero-order valence-corrected chi connectivity index (χ0v) is 22.6. The second kappa shape index (κ2) is 8.87. The molecular weight excluding hydrogens is 500 g/mol. The fourth-order valence-electron chi connectivity index (χ4n) is 7.80. The number of carbonyl (C=O) groups is 3. The summed E-state index contributed by atoms with van der Waals surface area (Å²) in [7, 11) is 0. The summed E-state index contributed by atoms with van der Waals surface area (Å²) in [6.07, 6.45) is -1.07. The van der Waals surface area contributed by atoms with Crippen molar-refractivity contribution in [2.75, 3.05) is 6.61 Å². The Morgan fingerprint density at radius 1 is 1.26 bits per heavy atom. The number of esters is 1. The van der Waals surface area contributed by atoms with Gasteiger partial charge in [0, 0.05) is 35.5 Å². The molecule has 10 heteroatoms. The van der Waals surface area contributed by atoms with Gasteiger partial charge >= 0.3 is 12.1 Å². The first-order chi connectivity index (χ1) is 17.5. The zero-order chi connectivity index (χ0) is 28.5. The number of fused-ring (bicyclic) bond motifs is 5. The standard InChI is InChI=1S/C28H35F2NO7/c1-15-11-17-18-13-20(29)19-12-16(32)7-8-25(19,5)27(18,30)21(33)14-26(17,6)28(15,22(34)36-10-9-31)38-23(35)37-24(2,3)4/h7-8,15,17-18,21,33H,10-14H2,1-6H3/t15-,17+,18+,21+,25+,26+,27+,28+/m1/s1. The van der Waals surface area contributed by atoms with Crippen molar-refractivity contribution in [3.05, 3.63) is 23.6 Å². The third-order valence-electron chi connectivity index (χ3n) is 9.40. The van der Waals surface area contributed by atoms with Crippen LogP contribution in [0.5, 0.6) is 0 Å². The molecule has 4 aliphatic rings. The number of carbonyl (C=O) groups excluding carboxylic acids is 3. The lowest BCUT2D eigenvalue weighted by molar-refractivity contribution is -0.229. The third-order valence-corrected chi connectivity index (χ3v) is 9.40. The Bertz CT molecular complexity index is 1170. The number of ether oxygens (including phenoxy) is 3. The molecule has 0 heterocycles. The van der Waals surface area contributed by atoms with Gasteiger partial charge in [0.15, 0.2) is 18.1 Å². The summed E-state index contributed by atoms with van der Waals surface area (Å²) in [5.41, 5.74) is -8.27. The molecule has 0 aromatic heterocycles. The zero-order valence-electron chi connectivity index (χ0n) is 22.6. The van der Waals surface area contributed by atoms with Gasteiger partial charge in [0.1, 0.15) is 17.5 Å². The van der Waals surface area contributed by atoms with Crippen LogP contribution < -0.4 is 0 Å². The van der Waals surface area contributed by atoms with Gasteiger partial charge in [0.25, 0.3) is 0 Å². The van der Waals surface area contributed by atoms with Gasteiger partial charge in [-0.1, -0.05) is 19.9 Å². The lowest BCUT2D eigenvalue weighted by Gasteiger charge is -2.62. The Balaban J connectivity index is 1.85. The lowest BCUT2D eigenvalue weighted by Crippen LogP contribution is -2.70. The minimum atomic E-state index is -2.35. The molecule has 8 atom stereocenters. The van der Waals surface area contributed by atoms with Crippen LogP contribution in [0.2, 0.25) is 0 Å². The topological polar surface area (TPSA) is 123 Å². The smallest absolute Gasteiger partial charge is 0.447 e. The first-order valence-corrected chi connectivity index (χ1v) is 12.9. The highest BCUT2D eigenvalue weighted by molar-refractivity contribution is 5.93. The van der Waals surface area contributed by atoms with Crippen LogP contribution in [0.25, 0.3) is 0 Å². The second-order valence-corrected chi connectivity index (χ2v) is 12.6. The van der Waals surface area contributed by atoms with Crippen LogP contribution in [-0.2, 0) is 23.8 Å². The molecule has 208 valence electrons. The quantitative estimate of drug-likeness (QED) is 0.518. The molecule has 2 saturated carbocycles. The summed E-state index contributed by atoms with van der Waals surface area (Å²) in [4.78, 5) is 38.6. The van der Waals surface area contributed by atoms with Crippen molar-refractivity contribution in [2.45, 2.75) is 90.2 Å². The molecule has 4 aliphatic carbocycles. The van der Waals surface area contributed by atoms with Crippen molar-refractivity contribution in [2.24, 2.45) is 28.6 Å². The fraction of sp³-hybridized carbons (Fsp3) is 0.714. The van der Waals surface area contributed by atoms with Crippen LogP contribution in [0.1, 0.15) is 67.2 Å². The molecular formula is C28H35F2NO7. The largest absolute Gasteiger partial charge is 0.509 e. The van der Waals surface area contributed by atoms with Crippen LogP contribution in [0, 0.1) is 39.9 Å². The molecule has 0 saturated heterocycles. The Kier molecular flexibility index (Phi) is 6.58. The number of hydrogen-bond acceptors (Lipinski definition) is 8. The summed E-state index contributed by atoms with van der Waals surface area (Å²) < 4.78 is 49.4. The average molecular weight is 536 g/mol. The normalized spacial score (nSPS) is 41.9. The van der Waals surface area contributed by atoms with Crippen LogP contribution >= 0.6 is 0 Å². The van der Waals surface area contributed by atoms with E-state index in [1.54, 1.807) is 40.7 Å². The average Bonchev–Trinajstić information content (AvgIpc) is 3.01. The number of nitrogens with zero attached hydrogens (tertiary/aromatic N) is 1. The van der Waals surface area contributed by atoms with E-state index >= 15 is 8.78 Å². The molecule has 0 bridgehead atoms. The van der Waals surface area contributed by atoms with Gasteiger partial charge in [-0.2, -0.15) is 5.26 Å². The van der Waals surface area contributed by atoms with Gasteiger partial charge in [-0.15, -0.1) is 0 Å². The Morgan fingerprint density at radius 2 is 1.92 bits per heavy atom. The molecule has 1 N–H and O–H groups in total. The molecule has 0 spiro atoms. The summed E-state index contributed by atoms with van der Waals surface area (Å²) in [6.45, 7) is 9.01. The predicted molar refractivity (Wildman–Crippen MR) is 130 cm³/mol. The number of allylic oxidation sites excluding steroid dienone is 4. The SMILES string of the molecule is C[C@@H]1C[C@H]2[C@@H]3CC(F)=C4CC(=O)C=C[C@]4(C)[C@@]3(F)[C@@H](O)C[C@]2(C)[C@@]1(OC(=O)OC(C)(C)C)C(=O)OCC#N. The molecule has 8 nitrogen and oxygen atoms in total. The third kappa shape index (κ3) is 3.72. The first kappa shape index (κ1) is 28.2. The van der Waals surface area contributed by atoms with Crippen molar-refractivity contribution in [3.8, 4) is 6.07 Å². The Labute approximate surface area is 221 Å². The van der Waals surface area contributed by atoms with E-state index < -0.39 is 76.1 Å². The van der Waals surface area contributed by atoms with Crippen molar-refractivity contribution in [1.29, 1.82) is 5.26 Å². The van der Waals surface area contributed by atoms with Gasteiger partial charge < -0.3 is 19.3 Å². The number of halogens is 2. The first-order valence-electron chi connectivity index (χ1n) is 12.9. The van der Waals surface area contributed by atoms with Crippen molar-refractivity contribution < 1.29 is 42.5 Å². The summed E-state index contributed by atoms with van der Waals surface area (Å²) in [5.74, 6) is -4.51. The predicted octanol–water partition coefficient (Wildman–Crippen LogP) is 4.66. The number of ketones is 1. The van der Waals surface area contributed by atoms with Crippen molar-refractivity contribution >= 4 is 17.9 Å². The van der Waals surface area contributed by atoms with E-state index in [2.05, 4.69) is 0 Å². The van der Waals surface area contributed by atoms with Gasteiger partial charge in [-0.25, -0.2) is 18.4 Å². The van der Waals surface area contributed by atoms with E-state index in [0.717, 1.165) is 0 Å². The summed E-state index contributed by atoms with van der Waals surface area (Å²) in [5, 5.41) is 20.5. The van der Waals surface area contributed by atoms with Gasteiger partial charge in [-0.05, 0) is 58.1 Å². The number of alkyl halides is 1. The highest BCUT2D eigenvalue weighted by Gasteiger charge is 2.78. The van der Waals surface area contributed by atoms with E-state index in [1.165, 1.54) is 19.1 Å².